The van der Waals surface area contributed by atoms with E-state index in [2.05, 4.69) is 60.6 Å². The molecule has 0 heterocycles. The molecule has 0 aromatic heterocycles. The van der Waals surface area contributed by atoms with E-state index in [9.17, 15) is 10.1 Å². The van der Waals surface area contributed by atoms with Crippen LogP contribution in [0.1, 0.15) is 77.1 Å². The van der Waals surface area contributed by atoms with Crippen molar-refractivity contribution in [3.05, 3.63) is 64.7 Å². The Labute approximate surface area is 198 Å². The second-order valence-corrected chi connectivity index (χ2v) is 10.3. The van der Waals surface area contributed by atoms with Gasteiger partial charge >= 0.3 is 5.97 Å². The zero-order valence-electron chi connectivity index (χ0n) is 21.0. The monoisotopic (exact) mass is 454 g/mol. The molecule has 0 unspecified atom stereocenters. The normalized spacial score (nSPS) is 12.1. The summed E-state index contributed by atoms with van der Waals surface area (Å²) in [5, 5.41) is 9.57. The molecule has 2 rings (SSSR count). The Bertz CT molecular complexity index is 909. The molecule has 0 saturated carbocycles. The van der Waals surface area contributed by atoms with Gasteiger partial charge in [0.1, 0.15) is 19.0 Å². The maximum Gasteiger partial charge on any atom is 0.330 e. The van der Waals surface area contributed by atoms with Gasteiger partial charge in [-0.2, -0.15) is 0 Å². The summed E-state index contributed by atoms with van der Waals surface area (Å²) in [4.78, 5) is 17.0. The van der Waals surface area contributed by atoms with Crippen LogP contribution in [0.15, 0.2) is 42.5 Å². The predicted octanol–water partition coefficient (Wildman–Crippen LogP) is 6.72. The highest BCUT2D eigenvalue weighted by molar-refractivity contribution is 5.87. The van der Waals surface area contributed by atoms with E-state index in [0.29, 0.717) is 5.75 Å². The molecule has 0 saturated heterocycles. The summed E-state index contributed by atoms with van der Waals surface area (Å²) in [6.07, 6.45) is 5.29. The first kappa shape index (κ1) is 26.5. The number of hydrogen-bond acceptors (Lipinski definition) is 5. The molecule has 0 fully saturated rings. The number of benzene rings is 2. The molecular weight excluding hydrogens is 416 g/mol. The van der Waals surface area contributed by atoms with Gasteiger partial charge in [0.15, 0.2) is 5.75 Å². The molecule has 0 amide bonds. The molecule has 0 bridgehead atoms. The lowest BCUT2D eigenvalue weighted by atomic mass is 9.78. The first-order valence-electron chi connectivity index (χ1n) is 11.5. The van der Waals surface area contributed by atoms with Crippen LogP contribution in [0.5, 0.6) is 11.5 Å². The van der Waals surface area contributed by atoms with Crippen molar-refractivity contribution in [1.82, 2.24) is 0 Å². The van der Waals surface area contributed by atoms with Crippen molar-refractivity contribution in [3.63, 3.8) is 0 Å². The lowest BCUT2D eigenvalue weighted by Gasteiger charge is -2.28. The average Bonchev–Trinajstić information content (AvgIpc) is 2.74. The quantitative estimate of drug-likeness (QED) is 0.150. The van der Waals surface area contributed by atoms with Gasteiger partial charge < -0.3 is 14.4 Å². The SMILES string of the molecule is CCCc1ccc(OCCOC(=O)C=Cc2cc(C(C)(C)C)c(OO)c(C(C)(C)C)c2)cc1. The second kappa shape index (κ2) is 11.4. The van der Waals surface area contributed by atoms with E-state index < -0.39 is 5.97 Å². The maximum absolute atomic E-state index is 12.2. The Kier molecular flexibility index (Phi) is 9.12. The summed E-state index contributed by atoms with van der Waals surface area (Å²) in [6, 6.07) is 11.8. The summed E-state index contributed by atoms with van der Waals surface area (Å²) in [6.45, 7) is 14.9. The van der Waals surface area contributed by atoms with E-state index in [-0.39, 0.29) is 24.0 Å². The lowest BCUT2D eigenvalue weighted by Crippen LogP contribution is -2.19. The van der Waals surface area contributed by atoms with Crippen molar-refractivity contribution >= 4 is 12.0 Å². The minimum absolute atomic E-state index is 0.164. The summed E-state index contributed by atoms with van der Waals surface area (Å²) < 4.78 is 10.9. The van der Waals surface area contributed by atoms with E-state index in [1.54, 1.807) is 6.08 Å². The second-order valence-electron chi connectivity index (χ2n) is 10.3. The summed E-state index contributed by atoms with van der Waals surface area (Å²) in [5.74, 6) is 0.792. The molecule has 180 valence electrons. The smallest absolute Gasteiger partial charge is 0.330 e. The summed E-state index contributed by atoms with van der Waals surface area (Å²) in [7, 11) is 0. The molecule has 0 atom stereocenters. The molecule has 0 radical (unpaired) electrons. The van der Waals surface area contributed by atoms with Crippen molar-refractivity contribution in [1.29, 1.82) is 0 Å². The minimum Gasteiger partial charge on any atom is -0.490 e. The number of hydrogen-bond donors (Lipinski definition) is 1. The van der Waals surface area contributed by atoms with Gasteiger partial charge in [-0.1, -0.05) is 67.0 Å². The molecular formula is C28H38O5. The Morgan fingerprint density at radius 1 is 0.939 bits per heavy atom. The Morgan fingerprint density at radius 2 is 1.52 bits per heavy atom. The minimum atomic E-state index is -0.436. The molecule has 0 aliphatic rings. The third-order valence-corrected chi connectivity index (χ3v) is 5.29. The zero-order chi connectivity index (χ0) is 24.6. The Balaban J connectivity index is 2.02. The number of carbonyl (C=O) groups is 1. The Morgan fingerprint density at radius 3 is 2.00 bits per heavy atom. The van der Waals surface area contributed by atoms with Gasteiger partial charge in [-0.25, -0.2) is 10.1 Å². The molecule has 0 aliphatic heterocycles. The van der Waals surface area contributed by atoms with Gasteiger partial charge in [0.05, 0.1) is 0 Å². The van der Waals surface area contributed by atoms with Crippen LogP contribution in [0, 0.1) is 0 Å². The first-order valence-corrected chi connectivity index (χ1v) is 11.5. The molecule has 5 nitrogen and oxygen atoms in total. The van der Waals surface area contributed by atoms with Crippen LogP contribution >= 0.6 is 0 Å². The van der Waals surface area contributed by atoms with Crippen molar-refractivity contribution in [2.75, 3.05) is 13.2 Å². The number of rotatable bonds is 9. The van der Waals surface area contributed by atoms with Gasteiger partial charge in [0.25, 0.3) is 0 Å². The van der Waals surface area contributed by atoms with Gasteiger partial charge in [-0.05, 0) is 58.7 Å². The predicted molar refractivity (Wildman–Crippen MR) is 133 cm³/mol. The number of esters is 1. The van der Waals surface area contributed by atoms with E-state index in [1.807, 2.05) is 24.3 Å². The zero-order valence-corrected chi connectivity index (χ0v) is 21.0. The van der Waals surface area contributed by atoms with Crippen LogP contribution in [-0.4, -0.2) is 24.4 Å². The van der Waals surface area contributed by atoms with Gasteiger partial charge in [-0.15, -0.1) is 0 Å². The van der Waals surface area contributed by atoms with Crippen LogP contribution in [0.2, 0.25) is 0 Å². The standard InChI is InChI=1S/C28H38O5/c1-8-9-20-10-13-22(14-11-20)31-16-17-32-25(29)15-12-21-18-23(27(2,3)4)26(33-30)24(19-21)28(5,6)7/h10-15,18-19,30H,8-9,16-17H2,1-7H3. The van der Waals surface area contributed by atoms with Crippen LogP contribution < -0.4 is 9.62 Å². The van der Waals surface area contributed by atoms with E-state index in [4.69, 9.17) is 14.4 Å². The average molecular weight is 455 g/mol. The number of aryl methyl sites for hydroxylation is 1. The Hall–Kier alpha value is -2.79. The molecule has 33 heavy (non-hydrogen) atoms. The fourth-order valence-electron chi connectivity index (χ4n) is 3.52. The van der Waals surface area contributed by atoms with E-state index >= 15 is 0 Å². The largest absolute Gasteiger partial charge is 0.490 e. The molecule has 5 heteroatoms. The lowest BCUT2D eigenvalue weighted by molar-refractivity contribution is -0.140. The maximum atomic E-state index is 12.2. The third kappa shape index (κ3) is 7.93. The van der Waals surface area contributed by atoms with E-state index in [1.165, 1.54) is 11.6 Å². The fourth-order valence-corrected chi connectivity index (χ4v) is 3.52. The molecule has 2 aromatic rings. The van der Waals surface area contributed by atoms with Crippen LogP contribution in [0.3, 0.4) is 0 Å². The molecule has 0 spiro atoms. The number of ether oxygens (including phenoxy) is 2. The van der Waals surface area contributed by atoms with Crippen molar-refractivity contribution in [2.45, 2.75) is 72.1 Å². The molecule has 2 aromatic carbocycles. The fraction of sp³-hybridized carbons (Fsp3) is 0.464. The highest BCUT2D eigenvalue weighted by Gasteiger charge is 2.28. The first-order chi connectivity index (χ1) is 15.5. The summed E-state index contributed by atoms with van der Waals surface area (Å²) in [5.41, 5.74) is 3.34. The summed E-state index contributed by atoms with van der Waals surface area (Å²) >= 11 is 0. The van der Waals surface area contributed by atoms with E-state index in [0.717, 1.165) is 35.3 Å². The van der Waals surface area contributed by atoms with Crippen LogP contribution in [-0.2, 0) is 26.8 Å². The highest BCUT2D eigenvalue weighted by atomic mass is 17.1. The van der Waals surface area contributed by atoms with Crippen LogP contribution in [0.25, 0.3) is 6.08 Å². The van der Waals surface area contributed by atoms with Crippen molar-refractivity contribution in [3.8, 4) is 11.5 Å². The highest BCUT2D eigenvalue weighted by Crippen LogP contribution is 2.40. The molecule has 0 aliphatic carbocycles. The van der Waals surface area contributed by atoms with Crippen molar-refractivity contribution in [2.24, 2.45) is 0 Å². The van der Waals surface area contributed by atoms with Crippen molar-refractivity contribution < 1.29 is 24.4 Å². The third-order valence-electron chi connectivity index (χ3n) is 5.29. The molecule has 1 N–H and O–H groups in total. The van der Waals surface area contributed by atoms with Gasteiger partial charge in [0.2, 0.25) is 0 Å². The van der Waals surface area contributed by atoms with Gasteiger partial charge in [0, 0.05) is 17.2 Å². The topological polar surface area (TPSA) is 65.0 Å². The van der Waals surface area contributed by atoms with Gasteiger partial charge in [-0.3, -0.25) is 0 Å². The van der Waals surface area contributed by atoms with Crippen LogP contribution in [0.4, 0.5) is 0 Å². The number of carbonyl (C=O) groups excluding carboxylic acids is 1.